The molecule has 0 saturated carbocycles. The van der Waals surface area contributed by atoms with Gasteiger partial charge >= 0.3 is 0 Å². The summed E-state index contributed by atoms with van der Waals surface area (Å²) < 4.78 is 2.05. The number of aryl methyl sites for hydroxylation is 1. The second kappa shape index (κ2) is 7.25. The molecule has 0 spiro atoms. The van der Waals surface area contributed by atoms with Gasteiger partial charge < -0.3 is 9.47 Å². The first-order valence-corrected chi connectivity index (χ1v) is 9.04. The van der Waals surface area contributed by atoms with E-state index < -0.39 is 0 Å². The second-order valence-electron chi connectivity index (χ2n) is 6.75. The van der Waals surface area contributed by atoms with E-state index in [1.807, 2.05) is 54.7 Å². The molecule has 1 fully saturated rings. The third kappa shape index (κ3) is 3.32. The molecule has 4 rings (SSSR count). The fourth-order valence-corrected chi connectivity index (χ4v) is 3.54. The number of aromatic nitrogens is 3. The van der Waals surface area contributed by atoms with E-state index in [2.05, 4.69) is 19.4 Å². The summed E-state index contributed by atoms with van der Waals surface area (Å²) in [5.74, 6) is 1.16. The van der Waals surface area contributed by atoms with Gasteiger partial charge in [0.15, 0.2) is 0 Å². The van der Waals surface area contributed by atoms with Crippen molar-refractivity contribution in [1.82, 2.24) is 24.3 Å². The van der Waals surface area contributed by atoms with E-state index in [9.17, 15) is 4.79 Å². The van der Waals surface area contributed by atoms with Crippen LogP contribution in [0.1, 0.15) is 22.6 Å². The zero-order chi connectivity index (χ0) is 17.9. The van der Waals surface area contributed by atoms with Crippen molar-refractivity contribution in [2.45, 2.75) is 13.0 Å². The Morgan fingerprint density at radius 1 is 1.04 bits per heavy atom. The zero-order valence-electron chi connectivity index (χ0n) is 15.0. The highest BCUT2D eigenvalue weighted by Gasteiger charge is 2.22. The topological polar surface area (TPSA) is 54.3 Å². The van der Waals surface area contributed by atoms with Crippen molar-refractivity contribution in [3.63, 3.8) is 0 Å². The molecule has 0 N–H and O–H groups in total. The van der Waals surface area contributed by atoms with Crippen LogP contribution in [0.25, 0.3) is 10.9 Å². The molecule has 0 radical (unpaired) electrons. The van der Waals surface area contributed by atoms with Gasteiger partial charge in [0.2, 0.25) is 0 Å². The molecule has 0 bridgehead atoms. The van der Waals surface area contributed by atoms with Crippen LogP contribution in [-0.2, 0) is 13.6 Å². The van der Waals surface area contributed by atoms with Gasteiger partial charge in [0, 0.05) is 62.8 Å². The Kier molecular flexibility index (Phi) is 4.67. The van der Waals surface area contributed by atoms with Gasteiger partial charge in [-0.1, -0.05) is 12.1 Å². The normalized spacial score (nSPS) is 16.0. The number of imidazole rings is 1. The van der Waals surface area contributed by atoms with E-state index in [0.717, 1.165) is 61.4 Å². The monoisotopic (exact) mass is 349 g/mol. The summed E-state index contributed by atoms with van der Waals surface area (Å²) in [7, 11) is 2.02. The fraction of sp³-hybridized carbons (Fsp3) is 0.350. The molecule has 3 aromatic rings. The Bertz CT molecular complexity index is 914. The summed E-state index contributed by atoms with van der Waals surface area (Å²) in [5, 5.41) is 0.925. The summed E-state index contributed by atoms with van der Waals surface area (Å²) in [4.78, 5) is 26.2. The molecule has 26 heavy (non-hydrogen) atoms. The van der Waals surface area contributed by atoms with Crippen LogP contribution in [0, 0.1) is 0 Å². The van der Waals surface area contributed by atoms with Crippen LogP contribution < -0.4 is 0 Å². The predicted octanol–water partition coefficient (Wildman–Crippen LogP) is 2.32. The fourth-order valence-electron chi connectivity index (χ4n) is 3.54. The molecular weight excluding hydrogens is 326 g/mol. The second-order valence-corrected chi connectivity index (χ2v) is 6.75. The lowest BCUT2D eigenvalue weighted by Gasteiger charge is -2.22. The Hall–Kier alpha value is -2.73. The van der Waals surface area contributed by atoms with Crippen molar-refractivity contribution >= 4 is 16.8 Å². The number of fused-ring (bicyclic) bond motifs is 1. The summed E-state index contributed by atoms with van der Waals surface area (Å²) in [6.07, 6.45) is 6.53. The number of amides is 1. The number of hydrogen-bond donors (Lipinski definition) is 0. The van der Waals surface area contributed by atoms with Crippen LogP contribution in [0.3, 0.4) is 0 Å². The van der Waals surface area contributed by atoms with Gasteiger partial charge in [-0.2, -0.15) is 0 Å². The molecule has 6 heteroatoms. The number of carbonyl (C=O) groups is 1. The van der Waals surface area contributed by atoms with Crippen LogP contribution in [0.2, 0.25) is 0 Å². The van der Waals surface area contributed by atoms with Crippen molar-refractivity contribution in [3.05, 3.63) is 60.3 Å². The molecule has 0 unspecified atom stereocenters. The third-order valence-corrected chi connectivity index (χ3v) is 5.04. The van der Waals surface area contributed by atoms with Crippen molar-refractivity contribution in [1.29, 1.82) is 0 Å². The number of hydrogen-bond acceptors (Lipinski definition) is 4. The predicted molar refractivity (Wildman–Crippen MR) is 101 cm³/mol. The summed E-state index contributed by atoms with van der Waals surface area (Å²) >= 11 is 0. The Morgan fingerprint density at radius 3 is 2.81 bits per heavy atom. The maximum Gasteiger partial charge on any atom is 0.254 e. The van der Waals surface area contributed by atoms with Gasteiger partial charge in [-0.3, -0.25) is 14.7 Å². The highest BCUT2D eigenvalue weighted by Crippen LogP contribution is 2.19. The quantitative estimate of drug-likeness (QED) is 0.728. The lowest BCUT2D eigenvalue weighted by molar-refractivity contribution is 0.0763. The first kappa shape index (κ1) is 16.7. The molecule has 3 heterocycles. The molecule has 1 aliphatic rings. The molecule has 6 nitrogen and oxygen atoms in total. The molecule has 0 aliphatic carbocycles. The number of carbonyl (C=O) groups excluding carboxylic acids is 1. The van der Waals surface area contributed by atoms with E-state index in [0.29, 0.717) is 0 Å². The van der Waals surface area contributed by atoms with Crippen molar-refractivity contribution in [2.24, 2.45) is 7.05 Å². The largest absolute Gasteiger partial charge is 0.337 e. The van der Waals surface area contributed by atoms with Crippen molar-refractivity contribution in [2.75, 3.05) is 26.2 Å². The van der Waals surface area contributed by atoms with Gasteiger partial charge in [-0.15, -0.1) is 0 Å². The lowest BCUT2D eigenvalue weighted by atomic mass is 10.1. The number of rotatable bonds is 3. The minimum atomic E-state index is 0.0995. The minimum absolute atomic E-state index is 0.0995. The minimum Gasteiger partial charge on any atom is -0.337 e. The molecule has 0 atom stereocenters. The first-order chi connectivity index (χ1) is 12.7. The molecule has 1 saturated heterocycles. The van der Waals surface area contributed by atoms with Gasteiger partial charge in [-0.25, -0.2) is 4.98 Å². The third-order valence-electron chi connectivity index (χ3n) is 5.04. The van der Waals surface area contributed by atoms with Gasteiger partial charge in [-0.05, 0) is 24.6 Å². The molecule has 1 aliphatic heterocycles. The lowest BCUT2D eigenvalue weighted by Crippen LogP contribution is -2.35. The van der Waals surface area contributed by atoms with E-state index in [-0.39, 0.29) is 5.91 Å². The molecule has 1 amide bonds. The van der Waals surface area contributed by atoms with Crippen LogP contribution in [0.15, 0.2) is 48.9 Å². The van der Waals surface area contributed by atoms with Crippen LogP contribution in [0.4, 0.5) is 0 Å². The van der Waals surface area contributed by atoms with Crippen molar-refractivity contribution < 1.29 is 4.79 Å². The van der Waals surface area contributed by atoms with Crippen LogP contribution in [-0.4, -0.2) is 56.4 Å². The molecule has 134 valence electrons. The Morgan fingerprint density at radius 2 is 1.96 bits per heavy atom. The average Bonchev–Trinajstić information content (AvgIpc) is 2.93. The zero-order valence-corrected chi connectivity index (χ0v) is 15.0. The van der Waals surface area contributed by atoms with Gasteiger partial charge in [0.1, 0.15) is 5.82 Å². The average molecular weight is 349 g/mol. The number of nitrogens with zero attached hydrogens (tertiary/aromatic N) is 5. The molecule has 1 aromatic carbocycles. The van der Waals surface area contributed by atoms with E-state index >= 15 is 0 Å². The molecular formula is C20H23N5O. The summed E-state index contributed by atoms with van der Waals surface area (Å²) in [6, 6.07) is 9.62. The van der Waals surface area contributed by atoms with E-state index in [1.165, 1.54) is 0 Å². The first-order valence-electron chi connectivity index (χ1n) is 9.04. The molecule has 2 aromatic heterocycles. The smallest absolute Gasteiger partial charge is 0.254 e. The highest BCUT2D eigenvalue weighted by atomic mass is 16.2. The van der Waals surface area contributed by atoms with Crippen molar-refractivity contribution in [3.8, 4) is 0 Å². The Balaban J connectivity index is 1.48. The highest BCUT2D eigenvalue weighted by molar-refractivity contribution is 6.06. The van der Waals surface area contributed by atoms with E-state index in [1.54, 1.807) is 6.20 Å². The summed E-state index contributed by atoms with van der Waals surface area (Å²) in [5.41, 5.74) is 1.61. The Labute approximate surface area is 153 Å². The van der Waals surface area contributed by atoms with E-state index in [4.69, 9.17) is 0 Å². The van der Waals surface area contributed by atoms with Crippen LogP contribution >= 0.6 is 0 Å². The number of benzene rings is 1. The maximum atomic E-state index is 13.1. The summed E-state index contributed by atoms with van der Waals surface area (Å²) in [6.45, 7) is 4.19. The maximum absolute atomic E-state index is 13.1. The van der Waals surface area contributed by atoms with Gasteiger partial charge in [0.25, 0.3) is 5.91 Å². The van der Waals surface area contributed by atoms with Crippen LogP contribution in [0.5, 0.6) is 0 Å². The standard InChI is InChI=1S/C20H23N5O/c1-23-12-9-22-19(23)15-24-10-4-11-25(14-13-24)20(26)17-5-2-7-18-16(17)6-3-8-21-18/h2-3,5-9,12H,4,10-11,13-15H2,1H3. The van der Waals surface area contributed by atoms with Gasteiger partial charge in [0.05, 0.1) is 12.1 Å². The number of pyridine rings is 1. The SMILES string of the molecule is Cn1ccnc1CN1CCCN(C(=O)c2cccc3ncccc23)CC1.